The first kappa shape index (κ1) is 15.8. The van der Waals surface area contributed by atoms with E-state index in [0.717, 1.165) is 10.9 Å². The second-order valence-corrected chi connectivity index (χ2v) is 5.03. The second-order valence-electron chi connectivity index (χ2n) is 5.03. The smallest absolute Gasteiger partial charge is 0.265 e. The molecule has 22 heavy (non-hydrogen) atoms. The Labute approximate surface area is 125 Å². The van der Waals surface area contributed by atoms with Gasteiger partial charge in [0.2, 0.25) is 0 Å². The van der Waals surface area contributed by atoms with E-state index in [0.29, 0.717) is 5.65 Å². The number of rotatable bonds is 5. The van der Waals surface area contributed by atoms with E-state index >= 15 is 0 Å². The van der Waals surface area contributed by atoms with Crippen LogP contribution < -0.4 is 5.56 Å². The van der Waals surface area contributed by atoms with Crippen molar-refractivity contribution in [1.82, 2.24) is 24.2 Å². The van der Waals surface area contributed by atoms with Crippen LogP contribution in [0.5, 0.6) is 0 Å². The molecule has 0 spiro atoms. The molecule has 0 saturated carbocycles. The number of carbonyl (C=O) groups excluding carboxylic acids is 2. The lowest BCUT2D eigenvalue weighted by Gasteiger charge is -2.19. The number of Topliss-reactive ketones (excluding diaryl/α,β-unsaturated/α-hetero) is 1. The zero-order valence-electron chi connectivity index (χ0n) is 12.6. The van der Waals surface area contributed by atoms with E-state index in [9.17, 15) is 14.4 Å². The van der Waals surface area contributed by atoms with Crippen LogP contribution in [0.15, 0.2) is 17.3 Å². The van der Waals surface area contributed by atoms with Crippen LogP contribution in [-0.2, 0) is 16.1 Å². The van der Waals surface area contributed by atoms with Crippen molar-refractivity contribution in [2.24, 2.45) is 0 Å². The number of aliphatic hydroxyl groups is 1. The average molecular weight is 307 g/mol. The number of likely N-dealkylation sites (N-methyl/N-ethyl adjacent to an activating group) is 1. The molecule has 118 valence electrons. The number of ketones is 1. The quantitative estimate of drug-likeness (QED) is 0.695. The summed E-state index contributed by atoms with van der Waals surface area (Å²) in [5.74, 6) is -0.955. The number of aliphatic hydroxyl groups excluding tert-OH is 1. The van der Waals surface area contributed by atoms with E-state index in [2.05, 4.69) is 10.1 Å². The molecule has 1 atom stereocenters. The van der Waals surface area contributed by atoms with Crippen LogP contribution in [0.2, 0.25) is 0 Å². The van der Waals surface area contributed by atoms with Crippen molar-refractivity contribution in [1.29, 1.82) is 0 Å². The summed E-state index contributed by atoms with van der Waals surface area (Å²) in [6, 6.07) is -1.25. The van der Waals surface area contributed by atoms with Gasteiger partial charge in [0.25, 0.3) is 11.5 Å². The Morgan fingerprint density at radius 3 is 2.64 bits per heavy atom. The lowest BCUT2D eigenvalue weighted by atomic mass is 10.1. The molecule has 9 heteroatoms. The van der Waals surface area contributed by atoms with Gasteiger partial charge in [0.15, 0.2) is 17.5 Å². The number of nitrogens with zero attached hydrogens (tertiary/aromatic N) is 5. The second kappa shape index (κ2) is 6.06. The van der Waals surface area contributed by atoms with Crippen LogP contribution in [0.3, 0.4) is 0 Å². The SMILES string of the molecule is CC(=O)[C@@H](C(=O)N(C)C)n1cnc2c(cnn2CCO)c1=O. The third kappa shape index (κ3) is 2.62. The molecule has 0 bridgehead atoms. The zero-order chi connectivity index (χ0) is 16.4. The van der Waals surface area contributed by atoms with E-state index in [4.69, 9.17) is 5.11 Å². The lowest BCUT2D eigenvalue weighted by molar-refractivity contribution is -0.137. The maximum Gasteiger partial charge on any atom is 0.265 e. The standard InChI is InChI=1S/C13H17N5O4/c1-8(20)10(13(22)16(2)3)17-7-14-11-9(12(17)21)6-15-18(11)4-5-19/h6-7,10,19H,4-5H2,1-3H3/t10-/m0/s1. The predicted octanol–water partition coefficient (Wildman–Crippen LogP) is -1.20. The molecular weight excluding hydrogens is 290 g/mol. The van der Waals surface area contributed by atoms with Gasteiger partial charge < -0.3 is 10.0 Å². The van der Waals surface area contributed by atoms with Crippen molar-refractivity contribution in [3.63, 3.8) is 0 Å². The number of fused-ring (bicyclic) bond motifs is 1. The summed E-state index contributed by atoms with van der Waals surface area (Å²) in [5, 5.41) is 13.1. The summed E-state index contributed by atoms with van der Waals surface area (Å²) in [4.78, 5) is 41.8. The first-order valence-electron chi connectivity index (χ1n) is 6.63. The van der Waals surface area contributed by atoms with E-state index in [1.54, 1.807) is 0 Å². The Hall–Kier alpha value is -2.55. The van der Waals surface area contributed by atoms with Crippen molar-refractivity contribution in [2.45, 2.75) is 19.5 Å². The van der Waals surface area contributed by atoms with Crippen molar-refractivity contribution < 1.29 is 14.7 Å². The largest absolute Gasteiger partial charge is 0.394 e. The maximum atomic E-state index is 12.5. The average Bonchev–Trinajstić information content (AvgIpc) is 2.85. The van der Waals surface area contributed by atoms with Gasteiger partial charge in [-0.05, 0) is 6.92 Å². The van der Waals surface area contributed by atoms with Gasteiger partial charge >= 0.3 is 0 Å². The molecule has 0 saturated heterocycles. The monoisotopic (exact) mass is 307 g/mol. The summed E-state index contributed by atoms with van der Waals surface area (Å²) in [6.07, 6.45) is 2.47. The molecule has 2 aromatic heterocycles. The summed E-state index contributed by atoms with van der Waals surface area (Å²) >= 11 is 0. The highest BCUT2D eigenvalue weighted by Crippen LogP contribution is 2.11. The van der Waals surface area contributed by atoms with Crippen molar-refractivity contribution in [2.75, 3.05) is 20.7 Å². The number of hydrogen-bond acceptors (Lipinski definition) is 6. The summed E-state index contributed by atoms with van der Waals surface area (Å²) in [6.45, 7) is 1.31. The van der Waals surface area contributed by atoms with Gasteiger partial charge in [-0.3, -0.25) is 19.0 Å². The van der Waals surface area contributed by atoms with Crippen molar-refractivity contribution >= 4 is 22.7 Å². The molecule has 2 rings (SSSR count). The molecular formula is C13H17N5O4. The first-order chi connectivity index (χ1) is 10.4. The fourth-order valence-electron chi connectivity index (χ4n) is 2.15. The Morgan fingerprint density at radius 1 is 1.41 bits per heavy atom. The van der Waals surface area contributed by atoms with Crippen LogP contribution in [0.4, 0.5) is 0 Å². The molecule has 0 unspecified atom stereocenters. The van der Waals surface area contributed by atoms with Gasteiger partial charge in [-0.1, -0.05) is 0 Å². The highest BCUT2D eigenvalue weighted by molar-refractivity contribution is 6.02. The van der Waals surface area contributed by atoms with Gasteiger partial charge in [-0.15, -0.1) is 0 Å². The van der Waals surface area contributed by atoms with Crippen molar-refractivity contribution in [3.8, 4) is 0 Å². The third-order valence-corrected chi connectivity index (χ3v) is 3.23. The van der Waals surface area contributed by atoms with Crippen LogP contribution in [0, 0.1) is 0 Å². The van der Waals surface area contributed by atoms with E-state index in [-0.39, 0.29) is 18.5 Å². The molecule has 0 radical (unpaired) electrons. The van der Waals surface area contributed by atoms with Crippen molar-refractivity contribution in [3.05, 3.63) is 22.9 Å². The minimum Gasteiger partial charge on any atom is -0.394 e. The number of aromatic nitrogens is 4. The van der Waals surface area contributed by atoms with E-state index in [1.165, 1.54) is 36.8 Å². The molecule has 1 amide bonds. The highest BCUT2D eigenvalue weighted by atomic mass is 16.3. The predicted molar refractivity (Wildman–Crippen MR) is 77.3 cm³/mol. The molecule has 9 nitrogen and oxygen atoms in total. The lowest BCUT2D eigenvalue weighted by Crippen LogP contribution is -2.40. The van der Waals surface area contributed by atoms with Gasteiger partial charge in [0.05, 0.1) is 19.3 Å². The number of carbonyl (C=O) groups is 2. The molecule has 0 aliphatic carbocycles. The highest BCUT2D eigenvalue weighted by Gasteiger charge is 2.28. The van der Waals surface area contributed by atoms with Crippen LogP contribution >= 0.6 is 0 Å². The molecule has 0 aliphatic rings. The van der Waals surface area contributed by atoms with E-state index in [1.807, 2.05) is 0 Å². The molecule has 0 aliphatic heterocycles. The first-order valence-corrected chi connectivity index (χ1v) is 6.63. The Morgan fingerprint density at radius 2 is 2.09 bits per heavy atom. The number of hydrogen-bond donors (Lipinski definition) is 1. The maximum absolute atomic E-state index is 12.5. The minimum atomic E-state index is -1.25. The zero-order valence-corrected chi connectivity index (χ0v) is 12.6. The van der Waals surface area contributed by atoms with Crippen LogP contribution in [-0.4, -0.2) is 61.7 Å². The molecule has 0 aromatic carbocycles. The molecule has 2 heterocycles. The summed E-state index contributed by atoms with van der Waals surface area (Å²) in [7, 11) is 3.02. The topological polar surface area (TPSA) is 110 Å². The van der Waals surface area contributed by atoms with Gasteiger partial charge in [0, 0.05) is 14.1 Å². The molecule has 1 N–H and O–H groups in total. The fourth-order valence-corrected chi connectivity index (χ4v) is 2.15. The number of amides is 1. The summed E-state index contributed by atoms with van der Waals surface area (Å²) in [5.41, 5.74) is -0.223. The van der Waals surface area contributed by atoms with E-state index < -0.39 is 23.3 Å². The summed E-state index contributed by atoms with van der Waals surface area (Å²) < 4.78 is 2.40. The normalized spacial score (nSPS) is 12.4. The third-order valence-electron chi connectivity index (χ3n) is 3.23. The van der Waals surface area contributed by atoms with Gasteiger partial charge in [-0.2, -0.15) is 5.10 Å². The Kier molecular flexibility index (Phi) is 4.36. The molecule has 2 aromatic rings. The van der Waals surface area contributed by atoms with Crippen LogP contribution in [0.1, 0.15) is 13.0 Å². The van der Waals surface area contributed by atoms with Gasteiger partial charge in [-0.25, -0.2) is 9.67 Å². The Bertz CT molecular complexity index is 776. The van der Waals surface area contributed by atoms with Crippen LogP contribution in [0.25, 0.3) is 11.0 Å². The van der Waals surface area contributed by atoms with Gasteiger partial charge in [0.1, 0.15) is 11.7 Å². The Balaban J connectivity index is 2.60. The molecule has 0 fully saturated rings. The fraction of sp³-hybridized carbons (Fsp3) is 0.462. The minimum absolute atomic E-state index is 0.142.